The summed E-state index contributed by atoms with van der Waals surface area (Å²) >= 11 is 0. The lowest BCUT2D eigenvalue weighted by atomic mass is 10.1. The van der Waals surface area contributed by atoms with Crippen LogP contribution in [0.15, 0.2) is 24.3 Å². The maximum absolute atomic E-state index is 6.03. The molecule has 1 fully saturated rings. The van der Waals surface area contributed by atoms with E-state index in [1.54, 1.807) is 0 Å². The van der Waals surface area contributed by atoms with E-state index in [9.17, 15) is 0 Å². The second-order valence-electron chi connectivity index (χ2n) is 6.26. The quantitative estimate of drug-likeness (QED) is 0.870. The minimum Gasteiger partial charge on any atom is -0.492 e. The summed E-state index contributed by atoms with van der Waals surface area (Å²) in [5.74, 6) is 0.957. The highest BCUT2D eigenvalue weighted by Gasteiger charge is 2.13. The number of hydrogen-bond donors (Lipinski definition) is 1. The molecule has 0 aliphatic carbocycles. The lowest BCUT2D eigenvalue weighted by Crippen LogP contribution is -2.26. The van der Waals surface area contributed by atoms with Crippen molar-refractivity contribution in [2.24, 2.45) is 5.73 Å². The van der Waals surface area contributed by atoms with Crippen LogP contribution in [0.2, 0.25) is 0 Å². The zero-order valence-corrected chi connectivity index (χ0v) is 13.4. The number of likely N-dealkylation sites (tertiary alicyclic amines) is 1. The van der Waals surface area contributed by atoms with Gasteiger partial charge in [0.1, 0.15) is 12.4 Å². The highest BCUT2D eigenvalue weighted by atomic mass is 16.5. The van der Waals surface area contributed by atoms with Crippen LogP contribution in [0.1, 0.15) is 24.8 Å². The van der Waals surface area contributed by atoms with Gasteiger partial charge in [0.15, 0.2) is 0 Å². The first-order valence-electron chi connectivity index (χ1n) is 7.98. The van der Waals surface area contributed by atoms with E-state index < -0.39 is 0 Å². The summed E-state index contributed by atoms with van der Waals surface area (Å²) in [5, 5.41) is 0. The van der Waals surface area contributed by atoms with Crippen molar-refractivity contribution in [2.45, 2.75) is 31.8 Å². The van der Waals surface area contributed by atoms with Crippen LogP contribution in [0.3, 0.4) is 0 Å². The second kappa shape index (κ2) is 8.37. The van der Waals surface area contributed by atoms with Crippen molar-refractivity contribution in [3.05, 3.63) is 29.8 Å². The summed E-state index contributed by atoms with van der Waals surface area (Å²) in [6.07, 6.45) is 3.49. The average Bonchev–Trinajstić information content (AvgIpc) is 2.65. The summed E-state index contributed by atoms with van der Waals surface area (Å²) < 4.78 is 5.72. The summed E-state index contributed by atoms with van der Waals surface area (Å²) in [4.78, 5) is 4.63. The van der Waals surface area contributed by atoms with Crippen molar-refractivity contribution < 1.29 is 4.74 Å². The van der Waals surface area contributed by atoms with Crippen LogP contribution in [0.4, 0.5) is 0 Å². The molecule has 0 amide bonds. The average molecular weight is 291 g/mol. The lowest BCUT2D eigenvalue weighted by Gasteiger charge is -2.20. The Morgan fingerprint density at radius 3 is 2.67 bits per heavy atom. The van der Waals surface area contributed by atoms with Crippen molar-refractivity contribution in [3.63, 3.8) is 0 Å². The molecule has 2 N–H and O–H groups in total. The molecule has 1 aromatic carbocycles. The number of likely N-dealkylation sites (N-methyl/N-ethyl adjacent to an activating group) is 1. The molecule has 1 aliphatic heterocycles. The standard InChI is InChI=1S/C17H29N3O/c1-19(2)12-13-21-17-7-5-15(6-8-17)14-20-10-3-4-16(18)9-11-20/h5-8,16H,3-4,9-14,18H2,1-2H3/t16-/m0/s1. The van der Waals surface area contributed by atoms with Gasteiger partial charge in [-0.3, -0.25) is 4.90 Å². The number of rotatable bonds is 6. The van der Waals surface area contributed by atoms with Crippen molar-refractivity contribution in [1.82, 2.24) is 9.80 Å². The fraction of sp³-hybridized carbons (Fsp3) is 0.647. The van der Waals surface area contributed by atoms with E-state index in [4.69, 9.17) is 10.5 Å². The molecule has 4 nitrogen and oxygen atoms in total. The fourth-order valence-corrected chi connectivity index (χ4v) is 2.64. The van der Waals surface area contributed by atoms with Gasteiger partial charge in [0.05, 0.1) is 0 Å². The first kappa shape index (κ1) is 16.3. The van der Waals surface area contributed by atoms with Gasteiger partial charge in [-0.05, 0) is 64.1 Å². The zero-order valence-electron chi connectivity index (χ0n) is 13.4. The Kier molecular flexibility index (Phi) is 6.49. The van der Waals surface area contributed by atoms with Gasteiger partial charge in [-0.25, -0.2) is 0 Å². The van der Waals surface area contributed by atoms with Gasteiger partial charge in [0.2, 0.25) is 0 Å². The molecule has 2 rings (SSSR count). The Bertz CT molecular complexity index is 405. The second-order valence-corrected chi connectivity index (χ2v) is 6.26. The monoisotopic (exact) mass is 291 g/mol. The van der Waals surface area contributed by atoms with Gasteiger partial charge in [0, 0.05) is 19.1 Å². The molecule has 0 aromatic heterocycles. The Hall–Kier alpha value is -1.10. The highest BCUT2D eigenvalue weighted by Crippen LogP contribution is 2.16. The van der Waals surface area contributed by atoms with E-state index in [2.05, 4.69) is 48.2 Å². The van der Waals surface area contributed by atoms with Crippen molar-refractivity contribution in [2.75, 3.05) is 40.3 Å². The molecule has 118 valence electrons. The van der Waals surface area contributed by atoms with Crippen molar-refractivity contribution in [1.29, 1.82) is 0 Å². The van der Waals surface area contributed by atoms with Crippen LogP contribution in [0.5, 0.6) is 5.75 Å². The van der Waals surface area contributed by atoms with Crippen LogP contribution in [0.25, 0.3) is 0 Å². The first-order valence-corrected chi connectivity index (χ1v) is 7.98. The predicted molar refractivity (Wildman–Crippen MR) is 87.6 cm³/mol. The molecular weight excluding hydrogens is 262 g/mol. The molecule has 1 heterocycles. The molecule has 1 aliphatic rings. The van der Waals surface area contributed by atoms with Gasteiger partial charge < -0.3 is 15.4 Å². The number of hydrogen-bond acceptors (Lipinski definition) is 4. The van der Waals surface area contributed by atoms with Gasteiger partial charge in [-0.15, -0.1) is 0 Å². The minimum absolute atomic E-state index is 0.391. The Balaban J connectivity index is 1.79. The van der Waals surface area contributed by atoms with E-state index >= 15 is 0 Å². The Labute approximate surface area is 128 Å². The molecule has 4 heteroatoms. The molecule has 0 saturated carbocycles. The molecule has 0 radical (unpaired) electrons. The van der Waals surface area contributed by atoms with Crippen LogP contribution in [-0.4, -0.2) is 56.2 Å². The molecular formula is C17H29N3O. The summed E-state index contributed by atoms with van der Waals surface area (Å²) in [6, 6.07) is 8.90. The van der Waals surface area contributed by atoms with Crippen LogP contribution >= 0.6 is 0 Å². The molecule has 1 atom stereocenters. The third kappa shape index (κ3) is 6.04. The zero-order chi connectivity index (χ0) is 15.1. The Morgan fingerprint density at radius 2 is 1.95 bits per heavy atom. The van der Waals surface area contributed by atoms with Crippen LogP contribution in [-0.2, 0) is 6.54 Å². The van der Waals surface area contributed by atoms with E-state index in [1.807, 2.05) is 0 Å². The number of benzene rings is 1. The third-order valence-corrected chi connectivity index (χ3v) is 4.00. The van der Waals surface area contributed by atoms with E-state index in [1.165, 1.54) is 12.0 Å². The van der Waals surface area contributed by atoms with Crippen LogP contribution < -0.4 is 10.5 Å². The molecule has 1 aromatic rings. The number of ether oxygens (including phenoxy) is 1. The minimum atomic E-state index is 0.391. The number of nitrogens with zero attached hydrogens (tertiary/aromatic N) is 2. The van der Waals surface area contributed by atoms with Gasteiger partial charge in [-0.1, -0.05) is 12.1 Å². The van der Waals surface area contributed by atoms with Gasteiger partial charge >= 0.3 is 0 Å². The topological polar surface area (TPSA) is 41.7 Å². The molecule has 1 saturated heterocycles. The Morgan fingerprint density at radius 1 is 1.19 bits per heavy atom. The van der Waals surface area contributed by atoms with Gasteiger partial charge in [0.25, 0.3) is 0 Å². The molecule has 0 unspecified atom stereocenters. The predicted octanol–water partition coefficient (Wildman–Crippen LogP) is 1.94. The summed E-state index contributed by atoms with van der Waals surface area (Å²) in [7, 11) is 4.11. The SMILES string of the molecule is CN(C)CCOc1ccc(CN2CCC[C@H](N)CC2)cc1. The van der Waals surface area contributed by atoms with E-state index in [0.29, 0.717) is 6.04 Å². The normalized spacial score (nSPS) is 20.5. The van der Waals surface area contributed by atoms with Gasteiger partial charge in [-0.2, -0.15) is 0 Å². The van der Waals surface area contributed by atoms with Crippen molar-refractivity contribution >= 4 is 0 Å². The maximum Gasteiger partial charge on any atom is 0.119 e. The summed E-state index contributed by atoms with van der Waals surface area (Å²) in [6.45, 7) is 4.97. The van der Waals surface area contributed by atoms with Crippen LogP contribution in [0, 0.1) is 0 Å². The first-order chi connectivity index (χ1) is 10.1. The molecule has 21 heavy (non-hydrogen) atoms. The fourth-order valence-electron chi connectivity index (χ4n) is 2.64. The number of nitrogens with two attached hydrogens (primary N) is 1. The van der Waals surface area contributed by atoms with E-state index in [-0.39, 0.29) is 0 Å². The molecule has 0 spiro atoms. The van der Waals surface area contributed by atoms with Crippen molar-refractivity contribution in [3.8, 4) is 5.75 Å². The lowest BCUT2D eigenvalue weighted by molar-refractivity contribution is 0.260. The smallest absolute Gasteiger partial charge is 0.119 e. The third-order valence-electron chi connectivity index (χ3n) is 4.00. The maximum atomic E-state index is 6.03. The largest absolute Gasteiger partial charge is 0.492 e. The summed E-state index contributed by atoms with van der Waals surface area (Å²) in [5.41, 5.74) is 7.38. The molecule has 0 bridgehead atoms. The highest BCUT2D eigenvalue weighted by molar-refractivity contribution is 5.27. The van der Waals surface area contributed by atoms with E-state index in [0.717, 1.165) is 51.4 Å².